The third-order valence-corrected chi connectivity index (χ3v) is 4.71. The standard InChI is InChI=1S/C10H11BrO3S2/c1-16(13,14)5-4-15-9-3-2-8(7-12)10(11)6-9/h2-3,6-7H,4-5H2,1H3. The Balaban J connectivity index is 2.62. The molecular formula is C10H11BrO3S2. The second-order valence-corrected chi connectivity index (χ2v) is 7.56. The van der Waals surface area contributed by atoms with Gasteiger partial charge in [-0.1, -0.05) is 15.9 Å². The van der Waals surface area contributed by atoms with Crippen LogP contribution in [0, 0.1) is 0 Å². The lowest BCUT2D eigenvalue weighted by Crippen LogP contribution is -2.04. The fraction of sp³-hybridized carbons (Fsp3) is 0.300. The summed E-state index contributed by atoms with van der Waals surface area (Å²) in [5.74, 6) is 0.677. The summed E-state index contributed by atoms with van der Waals surface area (Å²) < 4.78 is 22.6. The molecular weight excluding hydrogens is 312 g/mol. The van der Waals surface area contributed by atoms with Crippen molar-refractivity contribution in [1.82, 2.24) is 0 Å². The highest BCUT2D eigenvalue weighted by atomic mass is 79.9. The van der Waals surface area contributed by atoms with Gasteiger partial charge in [0.1, 0.15) is 9.84 Å². The third-order valence-electron chi connectivity index (χ3n) is 1.82. The molecule has 0 N–H and O–H groups in total. The van der Waals surface area contributed by atoms with Crippen LogP contribution < -0.4 is 0 Å². The van der Waals surface area contributed by atoms with Gasteiger partial charge in [0.05, 0.1) is 5.75 Å². The second kappa shape index (κ2) is 5.84. The number of rotatable bonds is 5. The number of halogens is 1. The zero-order valence-electron chi connectivity index (χ0n) is 8.64. The van der Waals surface area contributed by atoms with E-state index in [1.165, 1.54) is 18.0 Å². The summed E-state index contributed by atoms with van der Waals surface area (Å²) in [6, 6.07) is 5.33. The number of hydrogen-bond donors (Lipinski definition) is 0. The molecule has 1 aromatic carbocycles. The Morgan fingerprint density at radius 1 is 1.44 bits per heavy atom. The number of sulfone groups is 1. The first-order valence-electron chi connectivity index (χ1n) is 4.47. The fourth-order valence-electron chi connectivity index (χ4n) is 1.00. The zero-order chi connectivity index (χ0) is 12.2. The molecule has 0 spiro atoms. The van der Waals surface area contributed by atoms with E-state index < -0.39 is 9.84 Å². The molecule has 0 atom stereocenters. The van der Waals surface area contributed by atoms with Gasteiger partial charge in [0.25, 0.3) is 0 Å². The monoisotopic (exact) mass is 322 g/mol. The Bertz CT molecular complexity index is 483. The minimum atomic E-state index is -2.91. The molecule has 6 heteroatoms. The molecule has 88 valence electrons. The van der Waals surface area contributed by atoms with Crippen LogP contribution in [0.1, 0.15) is 10.4 Å². The van der Waals surface area contributed by atoms with Crippen LogP contribution in [0.15, 0.2) is 27.6 Å². The normalized spacial score (nSPS) is 11.4. The lowest BCUT2D eigenvalue weighted by atomic mass is 10.2. The molecule has 0 aliphatic rings. The van der Waals surface area contributed by atoms with Gasteiger partial charge in [-0.2, -0.15) is 0 Å². The first-order chi connectivity index (χ1) is 7.42. The van der Waals surface area contributed by atoms with E-state index in [-0.39, 0.29) is 5.75 Å². The van der Waals surface area contributed by atoms with Crippen molar-refractivity contribution in [2.24, 2.45) is 0 Å². The molecule has 0 aliphatic carbocycles. The van der Waals surface area contributed by atoms with Gasteiger partial charge < -0.3 is 0 Å². The van der Waals surface area contributed by atoms with E-state index in [1.807, 2.05) is 6.07 Å². The van der Waals surface area contributed by atoms with Crippen molar-refractivity contribution in [1.29, 1.82) is 0 Å². The van der Waals surface area contributed by atoms with Gasteiger partial charge in [0.15, 0.2) is 6.29 Å². The summed E-state index contributed by atoms with van der Waals surface area (Å²) in [4.78, 5) is 11.5. The number of hydrogen-bond acceptors (Lipinski definition) is 4. The quantitative estimate of drug-likeness (QED) is 0.617. The molecule has 0 heterocycles. The second-order valence-electron chi connectivity index (χ2n) is 3.28. The summed E-state index contributed by atoms with van der Waals surface area (Å²) in [5.41, 5.74) is 0.590. The molecule has 0 fully saturated rings. The zero-order valence-corrected chi connectivity index (χ0v) is 11.9. The van der Waals surface area contributed by atoms with Gasteiger partial charge in [-0.05, 0) is 18.2 Å². The van der Waals surface area contributed by atoms with Crippen LogP contribution in [0.5, 0.6) is 0 Å². The van der Waals surface area contributed by atoms with Crippen molar-refractivity contribution in [2.75, 3.05) is 17.8 Å². The fourth-order valence-corrected chi connectivity index (χ4v) is 3.77. The van der Waals surface area contributed by atoms with Gasteiger partial charge in [0, 0.05) is 26.9 Å². The van der Waals surface area contributed by atoms with E-state index in [0.717, 1.165) is 15.7 Å². The van der Waals surface area contributed by atoms with Gasteiger partial charge in [-0.25, -0.2) is 8.42 Å². The van der Waals surface area contributed by atoms with E-state index in [0.29, 0.717) is 11.3 Å². The van der Waals surface area contributed by atoms with E-state index in [9.17, 15) is 13.2 Å². The summed E-state index contributed by atoms with van der Waals surface area (Å²) >= 11 is 4.73. The number of carbonyl (C=O) groups is 1. The molecule has 0 saturated carbocycles. The topological polar surface area (TPSA) is 51.2 Å². The molecule has 0 aromatic heterocycles. The van der Waals surface area contributed by atoms with Crippen molar-refractivity contribution in [2.45, 2.75) is 4.90 Å². The summed E-state index contributed by atoms with van der Waals surface area (Å²) in [5, 5.41) is 0. The SMILES string of the molecule is CS(=O)(=O)CCSc1ccc(C=O)c(Br)c1. The predicted molar refractivity (Wildman–Crippen MR) is 70.0 cm³/mol. The van der Waals surface area contributed by atoms with Crippen LogP contribution in [0.3, 0.4) is 0 Å². The molecule has 0 bridgehead atoms. The molecule has 16 heavy (non-hydrogen) atoms. The largest absolute Gasteiger partial charge is 0.298 e. The highest BCUT2D eigenvalue weighted by molar-refractivity contribution is 9.10. The molecule has 0 aliphatic heterocycles. The molecule has 1 aromatic rings. The maximum absolute atomic E-state index is 10.9. The lowest BCUT2D eigenvalue weighted by molar-refractivity contribution is 0.112. The molecule has 1 rings (SSSR count). The van der Waals surface area contributed by atoms with Crippen LogP contribution in [0.4, 0.5) is 0 Å². The average molecular weight is 323 g/mol. The van der Waals surface area contributed by atoms with Gasteiger partial charge >= 0.3 is 0 Å². The summed E-state index contributed by atoms with van der Waals surface area (Å²) in [6.45, 7) is 0. The number of thioether (sulfide) groups is 1. The van der Waals surface area contributed by atoms with E-state index in [4.69, 9.17) is 0 Å². The van der Waals surface area contributed by atoms with E-state index in [2.05, 4.69) is 15.9 Å². The smallest absolute Gasteiger partial charge is 0.151 e. The van der Waals surface area contributed by atoms with Gasteiger partial charge in [-0.3, -0.25) is 4.79 Å². The number of benzene rings is 1. The van der Waals surface area contributed by atoms with Gasteiger partial charge in [-0.15, -0.1) is 11.8 Å². The van der Waals surface area contributed by atoms with Crippen LogP contribution in [0.2, 0.25) is 0 Å². The highest BCUT2D eigenvalue weighted by Crippen LogP contribution is 2.24. The van der Waals surface area contributed by atoms with E-state index >= 15 is 0 Å². The highest BCUT2D eigenvalue weighted by Gasteiger charge is 2.04. The Kier molecular flexibility index (Phi) is 5.01. The van der Waals surface area contributed by atoms with Crippen LogP contribution in [-0.4, -0.2) is 32.5 Å². The maximum atomic E-state index is 10.9. The Hall–Kier alpha value is -0.330. The molecule has 0 radical (unpaired) electrons. The molecule has 0 amide bonds. The summed E-state index contributed by atoms with van der Waals surface area (Å²) in [6.07, 6.45) is 1.99. The Labute approximate surface area is 108 Å². The molecule has 0 saturated heterocycles. The Morgan fingerprint density at radius 3 is 2.62 bits per heavy atom. The predicted octanol–water partition coefficient (Wildman–Crippen LogP) is 2.40. The van der Waals surface area contributed by atoms with Crippen molar-refractivity contribution < 1.29 is 13.2 Å². The molecule has 0 unspecified atom stereocenters. The third kappa shape index (κ3) is 4.67. The lowest BCUT2D eigenvalue weighted by Gasteiger charge is -2.03. The summed E-state index contributed by atoms with van der Waals surface area (Å²) in [7, 11) is -2.91. The first-order valence-corrected chi connectivity index (χ1v) is 8.31. The minimum absolute atomic E-state index is 0.157. The average Bonchev–Trinajstić information content (AvgIpc) is 2.16. The molecule has 3 nitrogen and oxygen atoms in total. The Morgan fingerprint density at radius 2 is 2.12 bits per heavy atom. The van der Waals surface area contributed by atoms with E-state index in [1.54, 1.807) is 12.1 Å². The number of carbonyl (C=O) groups excluding carboxylic acids is 1. The van der Waals surface area contributed by atoms with Gasteiger partial charge in [0.2, 0.25) is 0 Å². The van der Waals surface area contributed by atoms with Crippen LogP contribution >= 0.6 is 27.7 Å². The van der Waals surface area contributed by atoms with Crippen LogP contribution in [-0.2, 0) is 9.84 Å². The van der Waals surface area contributed by atoms with Crippen molar-refractivity contribution >= 4 is 43.8 Å². The first kappa shape index (κ1) is 13.7. The number of aldehydes is 1. The maximum Gasteiger partial charge on any atom is 0.151 e. The van der Waals surface area contributed by atoms with Crippen molar-refractivity contribution in [3.8, 4) is 0 Å². The van der Waals surface area contributed by atoms with Crippen molar-refractivity contribution in [3.63, 3.8) is 0 Å². The van der Waals surface area contributed by atoms with Crippen LogP contribution in [0.25, 0.3) is 0 Å². The van der Waals surface area contributed by atoms with Crippen molar-refractivity contribution in [3.05, 3.63) is 28.2 Å². The minimum Gasteiger partial charge on any atom is -0.298 e.